The van der Waals surface area contributed by atoms with Crippen molar-refractivity contribution in [3.8, 4) is 0 Å². The van der Waals surface area contributed by atoms with Gasteiger partial charge in [-0.05, 0) is 12.2 Å². The van der Waals surface area contributed by atoms with Gasteiger partial charge in [0, 0.05) is 12.1 Å². The monoisotopic (exact) mass is 123 g/mol. The molecular weight excluding hydrogens is 114 g/mol. The molecule has 0 aromatic carbocycles. The zero-order chi connectivity index (χ0) is 6.69. The minimum Gasteiger partial charge on any atom is -0.512 e. The third-order valence-electron chi connectivity index (χ3n) is 1.12. The number of nitrogens with two attached hydrogens (primary N) is 1. The summed E-state index contributed by atoms with van der Waals surface area (Å²) in [6.07, 6.45) is 7.43. The summed E-state index contributed by atoms with van der Waals surface area (Å²) in [5.74, 6) is 0.353. The number of rotatable bonds is 0. The first-order chi connectivity index (χ1) is 4.29. The average Bonchev–Trinajstić information content (AvgIpc) is 1.97. The third kappa shape index (κ3) is 1.64. The minimum atomic E-state index is 0.353. The first kappa shape index (κ1) is 5.95. The van der Waals surface area contributed by atoms with Crippen molar-refractivity contribution in [3.63, 3.8) is 0 Å². The van der Waals surface area contributed by atoms with E-state index in [9.17, 15) is 0 Å². The highest BCUT2D eigenvalue weighted by atomic mass is 16.3. The maximum Gasteiger partial charge on any atom is 0.0961 e. The molecule has 2 nitrogen and oxygen atoms in total. The van der Waals surface area contributed by atoms with Crippen LogP contribution in [0.4, 0.5) is 0 Å². The van der Waals surface area contributed by atoms with Crippen molar-refractivity contribution in [2.45, 2.75) is 6.42 Å². The Hall–Kier alpha value is -1.18. The van der Waals surface area contributed by atoms with E-state index in [2.05, 4.69) is 0 Å². The molecule has 0 saturated heterocycles. The van der Waals surface area contributed by atoms with Crippen LogP contribution in [-0.4, -0.2) is 5.11 Å². The lowest BCUT2D eigenvalue weighted by molar-refractivity contribution is 0.401. The van der Waals surface area contributed by atoms with E-state index in [1.807, 2.05) is 0 Å². The van der Waals surface area contributed by atoms with Gasteiger partial charge in [-0.15, -0.1) is 0 Å². The number of allylic oxidation sites excluding steroid dienone is 4. The average molecular weight is 123 g/mol. The second-order valence-corrected chi connectivity index (χ2v) is 1.93. The van der Waals surface area contributed by atoms with Crippen molar-refractivity contribution in [3.05, 3.63) is 35.8 Å². The van der Waals surface area contributed by atoms with Gasteiger partial charge in [-0.2, -0.15) is 0 Å². The molecule has 9 heavy (non-hydrogen) atoms. The summed E-state index contributed by atoms with van der Waals surface area (Å²) < 4.78 is 0. The van der Waals surface area contributed by atoms with Crippen molar-refractivity contribution in [2.75, 3.05) is 0 Å². The highest BCUT2D eigenvalue weighted by molar-refractivity contribution is 5.25. The van der Waals surface area contributed by atoms with E-state index in [1.165, 1.54) is 0 Å². The van der Waals surface area contributed by atoms with Crippen molar-refractivity contribution >= 4 is 0 Å². The van der Waals surface area contributed by atoms with Crippen molar-refractivity contribution < 1.29 is 5.11 Å². The zero-order valence-corrected chi connectivity index (χ0v) is 5.04. The van der Waals surface area contributed by atoms with Crippen molar-refractivity contribution in [1.82, 2.24) is 0 Å². The molecule has 0 bridgehead atoms. The van der Waals surface area contributed by atoms with Crippen LogP contribution >= 0.6 is 0 Å². The van der Waals surface area contributed by atoms with E-state index >= 15 is 0 Å². The molecule has 0 spiro atoms. The predicted molar refractivity (Wildman–Crippen MR) is 36.7 cm³/mol. The van der Waals surface area contributed by atoms with Crippen LogP contribution in [0, 0.1) is 0 Å². The Labute approximate surface area is 54.0 Å². The maximum atomic E-state index is 8.92. The molecule has 0 unspecified atom stereocenters. The van der Waals surface area contributed by atoms with E-state index in [0.29, 0.717) is 17.9 Å². The van der Waals surface area contributed by atoms with E-state index < -0.39 is 0 Å². The highest BCUT2D eigenvalue weighted by Crippen LogP contribution is 2.04. The second-order valence-electron chi connectivity index (χ2n) is 1.93. The van der Waals surface area contributed by atoms with Crippen molar-refractivity contribution in [2.24, 2.45) is 5.73 Å². The fourth-order valence-corrected chi connectivity index (χ4v) is 0.629. The Kier molecular flexibility index (Phi) is 1.58. The van der Waals surface area contributed by atoms with Crippen LogP contribution in [0.5, 0.6) is 0 Å². The van der Waals surface area contributed by atoms with Crippen molar-refractivity contribution in [1.29, 1.82) is 0 Å². The summed E-state index contributed by atoms with van der Waals surface area (Å²) in [5, 5.41) is 8.92. The Morgan fingerprint density at radius 1 is 1.56 bits per heavy atom. The number of aliphatic hydroxyl groups is 1. The molecule has 3 N–H and O–H groups in total. The van der Waals surface area contributed by atoms with Crippen LogP contribution < -0.4 is 5.73 Å². The fourth-order valence-electron chi connectivity index (χ4n) is 0.629. The van der Waals surface area contributed by atoms with E-state index in [-0.39, 0.29) is 0 Å². The summed E-state index contributed by atoms with van der Waals surface area (Å²) in [6.45, 7) is 0. The molecule has 48 valence electrons. The van der Waals surface area contributed by atoms with Crippen LogP contribution in [-0.2, 0) is 0 Å². The highest BCUT2D eigenvalue weighted by Gasteiger charge is 1.91. The summed E-state index contributed by atoms with van der Waals surface area (Å²) in [7, 11) is 0. The lowest BCUT2D eigenvalue weighted by Gasteiger charge is -1.89. The van der Waals surface area contributed by atoms with Gasteiger partial charge in [0.2, 0.25) is 0 Å². The lowest BCUT2D eigenvalue weighted by atomic mass is 10.3. The van der Waals surface area contributed by atoms with Gasteiger partial charge in [0.15, 0.2) is 0 Å². The van der Waals surface area contributed by atoms with Gasteiger partial charge >= 0.3 is 0 Å². The Bertz CT molecular complexity index is 186. The number of hydrogen-bond acceptors (Lipinski definition) is 2. The van der Waals surface area contributed by atoms with Crippen LogP contribution in [0.25, 0.3) is 0 Å². The number of aliphatic hydroxyl groups excluding tert-OH is 1. The standard InChI is InChI=1S/C7H9NO/c8-6-2-1-3-7(9)5-4-6/h1-4,9H,5,8H2. The molecule has 1 rings (SSSR count). The molecule has 2 heteroatoms. The molecule has 0 heterocycles. The SMILES string of the molecule is NC1=CCC(O)=CC=C1. The van der Waals surface area contributed by atoms with Crippen LogP contribution in [0.1, 0.15) is 6.42 Å². The summed E-state index contributed by atoms with van der Waals surface area (Å²) >= 11 is 0. The molecule has 0 aliphatic heterocycles. The maximum absolute atomic E-state index is 8.92. The first-order valence-corrected chi connectivity index (χ1v) is 2.81. The number of hydrogen-bond donors (Lipinski definition) is 2. The predicted octanol–water partition coefficient (Wildman–Crippen LogP) is 1.23. The summed E-state index contributed by atoms with van der Waals surface area (Å²) in [6, 6.07) is 0. The Morgan fingerprint density at radius 3 is 3.11 bits per heavy atom. The molecular formula is C7H9NO. The third-order valence-corrected chi connectivity index (χ3v) is 1.12. The quantitative estimate of drug-likeness (QED) is 0.509. The van der Waals surface area contributed by atoms with Gasteiger partial charge in [0.05, 0.1) is 5.76 Å². The molecule has 1 aliphatic carbocycles. The van der Waals surface area contributed by atoms with Gasteiger partial charge in [-0.3, -0.25) is 0 Å². The zero-order valence-electron chi connectivity index (χ0n) is 5.04. The first-order valence-electron chi connectivity index (χ1n) is 2.81. The fraction of sp³-hybridized carbons (Fsp3) is 0.143. The molecule has 0 amide bonds. The van der Waals surface area contributed by atoms with Gasteiger partial charge in [0.25, 0.3) is 0 Å². The molecule has 0 aromatic rings. The van der Waals surface area contributed by atoms with E-state index in [1.54, 1.807) is 24.3 Å². The largest absolute Gasteiger partial charge is 0.512 e. The Morgan fingerprint density at radius 2 is 2.33 bits per heavy atom. The topological polar surface area (TPSA) is 46.2 Å². The van der Waals surface area contributed by atoms with E-state index in [0.717, 1.165) is 0 Å². The van der Waals surface area contributed by atoms with Gasteiger partial charge in [-0.1, -0.05) is 12.2 Å². The molecule has 0 fully saturated rings. The van der Waals surface area contributed by atoms with Gasteiger partial charge in [0.1, 0.15) is 0 Å². The van der Waals surface area contributed by atoms with Crippen LogP contribution in [0.3, 0.4) is 0 Å². The molecule has 1 aliphatic rings. The molecule has 0 saturated carbocycles. The second kappa shape index (κ2) is 2.40. The summed E-state index contributed by atoms with van der Waals surface area (Å²) in [4.78, 5) is 0. The Balaban J connectivity index is 2.75. The normalized spacial score (nSPS) is 18.2. The van der Waals surface area contributed by atoms with Gasteiger partial charge in [-0.25, -0.2) is 0 Å². The summed E-state index contributed by atoms with van der Waals surface area (Å²) in [5.41, 5.74) is 6.13. The van der Waals surface area contributed by atoms with Crippen LogP contribution in [0.2, 0.25) is 0 Å². The molecule has 0 aromatic heterocycles. The molecule has 0 atom stereocenters. The van der Waals surface area contributed by atoms with Gasteiger partial charge < -0.3 is 10.8 Å². The van der Waals surface area contributed by atoms with E-state index in [4.69, 9.17) is 10.8 Å². The molecule has 0 radical (unpaired) electrons. The lowest BCUT2D eigenvalue weighted by Crippen LogP contribution is -1.90. The smallest absolute Gasteiger partial charge is 0.0961 e. The van der Waals surface area contributed by atoms with Crippen LogP contribution in [0.15, 0.2) is 35.8 Å². The minimum absolute atomic E-state index is 0.353.